The quantitative estimate of drug-likeness (QED) is 0.535. The largest absolute Gasteiger partial charge is 0.481 e. The maximum absolute atomic E-state index is 13.8. The predicted molar refractivity (Wildman–Crippen MR) is 115 cm³/mol. The molecule has 0 unspecified atom stereocenters. The Balaban J connectivity index is 1.43. The first-order valence-electron chi connectivity index (χ1n) is 11.3. The highest BCUT2D eigenvalue weighted by atomic mass is 19.3. The molecule has 33 heavy (non-hydrogen) atoms. The van der Waals surface area contributed by atoms with Crippen LogP contribution in [0.1, 0.15) is 79.2 Å². The average molecular weight is 456 g/mol. The molecule has 0 bridgehead atoms. The molecule has 0 atom stereocenters. The van der Waals surface area contributed by atoms with Gasteiger partial charge in [-0.2, -0.15) is 10.1 Å². The molecule has 2 heterocycles. The van der Waals surface area contributed by atoms with E-state index in [9.17, 15) is 18.7 Å². The van der Waals surface area contributed by atoms with Crippen LogP contribution in [0.25, 0.3) is 11.6 Å². The number of carbonyl (C=O) groups is 1. The molecule has 5 rings (SSSR count). The Bertz CT molecular complexity index is 1190. The molecule has 2 saturated carbocycles. The second kappa shape index (κ2) is 8.04. The van der Waals surface area contributed by atoms with Crippen LogP contribution < -0.4 is 0 Å². The van der Waals surface area contributed by atoms with Gasteiger partial charge in [-0.1, -0.05) is 28.9 Å². The second-order valence-corrected chi connectivity index (χ2v) is 9.37. The summed E-state index contributed by atoms with van der Waals surface area (Å²) in [6.07, 6.45) is 0.961. The van der Waals surface area contributed by atoms with E-state index < -0.39 is 18.3 Å². The van der Waals surface area contributed by atoms with Crippen molar-refractivity contribution in [2.75, 3.05) is 0 Å². The number of alkyl halides is 2. The van der Waals surface area contributed by atoms with E-state index in [-0.39, 0.29) is 28.7 Å². The molecule has 7 nitrogen and oxygen atoms in total. The SMILES string of the molecule is Cc1ccc(C2(c3noc(-c4cc(C(F)F)n(C5CCC(C(=O)O)CC5)n4)n3)CC2)c(C)c1. The maximum Gasteiger partial charge on any atom is 0.306 e. The van der Waals surface area contributed by atoms with Crippen LogP contribution in [0.4, 0.5) is 8.78 Å². The van der Waals surface area contributed by atoms with Gasteiger partial charge in [-0.3, -0.25) is 9.48 Å². The molecule has 0 saturated heterocycles. The summed E-state index contributed by atoms with van der Waals surface area (Å²) >= 11 is 0. The van der Waals surface area contributed by atoms with Gasteiger partial charge < -0.3 is 9.63 Å². The first-order chi connectivity index (χ1) is 15.8. The van der Waals surface area contributed by atoms with Crippen molar-refractivity contribution in [3.05, 3.63) is 52.5 Å². The van der Waals surface area contributed by atoms with Crippen LogP contribution in [-0.4, -0.2) is 31.0 Å². The molecule has 2 aliphatic rings. The normalized spacial score (nSPS) is 22.0. The summed E-state index contributed by atoms with van der Waals surface area (Å²) in [5.74, 6) is -0.579. The first kappa shape index (κ1) is 21.7. The summed E-state index contributed by atoms with van der Waals surface area (Å²) in [5, 5.41) is 17.8. The Morgan fingerprint density at radius 1 is 1.18 bits per heavy atom. The topological polar surface area (TPSA) is 94.0 Å². The highest BCUT2D eigenvalue weighted by Crippen LogP contribution is 2.53. The Labute approximate surface area is 189 Å². The molecule has 2 fully saturated rings. The third-order valence-electron chi connectivity index (χ3n) is 7.10. The Hall–Kier alpha value is -3.10. The molecule has 0 aliphatic heterocycles. The second-order valence-electron chi connectivity index (χ2n) is 9.37. The summed E-state index contributed by atoms with van der Waals surface area (Å²) < 4.78 is 34.4. The number of aliphatic carboxylic acids is 1. The van der Waals surface area contributed by atoms with Gasteiger partial charge in [0.05, 0.1) is 17.4 Å². The number of aryl methyl sites for hydroxylation is 2. The van der Waals surface area contributed by atoms with E-state index in [1.54, 1.807) is 0 Å². The number of carboxylic acids is 1. The standard InChI is InChI=1S/C24H26F2N4O3/c1-13-3-8-17(14(2)11-13)24(9-10-24)23-27-21(33-29-23)18-12-19(20(25)26)30(28-18)16-6-4-15(5-7-16)22(31)32/h3,8,11-12,15-16,20H,4-7,9-10H2,1-2H3,(H,31,32). The van der Waals surface area contributed by atoms with Crippen molar-refractivity contribution in [1.82, 2.24) is 19.9 Å². The number of hydrogen-bond donors (Lipinski definition) is 1. The Kier molecular flexibility index (Phi) is 5.29. The van der Waals surface area contributed by atoms with Gasteiger partial charge in [-0.05, 0) is 69.6 Å². The molecule has 174 valence electrons. The van der Waals surface area contributed by atoms with Gasteiger partial charge in [0, 0.05) is 0 Å². The van der Waals surface area contributed by atoms with Gasteiger partial charge >= 0.3 is 5.97 Å². The van der Waals surface area contributed by atoms with Gasteiger partial charge in [0.25, 0.3) is 12.3 Å². The molecule has 2 aliphatic carbocycles. The lowest BCUT2D eigenvalue weighted by molar-refractivity contribution is -0.143. The number of nitrogens with zero attached hydrogens (tertiary/aromatic N) is 4. The predicted octanol–water partition coefficient (Wildman–Crippen LogP) is 5.38. The van der Waals surface area contributed by atoms with E-state index in [0.29, 0.717) is 31.5 Å². The third kappa shape index (κ3) is 3.83. The van der Waals surface area contributed by atoms with Crippen LogP contribution in [-0.2, 0) is 10.2 Å². The number of carboxylic acid groups (broad SMARTS) is 1. The van der Waals surface area contributed by atoms with Crippen molar-refractivity contribution < 1.29 is 23.2 Å². The molecule has 0 amide bonds. The van der Waals surface area contributed by atoms with Crippen LogP contribution in [0.2, 0.25) is 0 Å². The van der Waals surface area contributed by atoms with E-state index in [1.807, 2.05) is 6.92 Å². The maximum atomic E-state index is 13.8. The van der Waals surface area contributed by atoms with Crippen LogP contribution in [0.3, 0.4) is 0 Å². The molecule has 1 aromatic carbocycles. The Morgan fingerprint density at radius 3 is 2.52 bits per heavy atom. The lowest BCUT2D eigenvalue weighted by Crippen LogP contribution is -2.24. The zero-order chi connectivity index (χ0) is 23.3. The van der Waals surface area contributed by atoms with Gasteiger partial charge in [0.1, 0.15) is 5.69 Å². The van der Waals surface area contributed by atoms with Gasteiger partial charge in [0.15, 0.2) is 11.5 Å². The van der Waals surface area contributed by atoms with Gasteiger partial charge in [-0.25, -0.2) is 8.78 Å². The zero-order valence-corrected chi connectivity index (χ0v) is 18.6. The molecule has 3 aromatic rings. The van der Waals surface area contributed by atoms with E-state index in [2.05, 4.69) is 40.4 Å². The lowest BCUT2D eigenvalue weighted by Gasteiger charge is -2.27. The highest BCUT2D eigenvalue weighted by Gasteiger charge is 2.51. The summed E-state index contributed by atoms with van der Waals surface area (Å²) in [4.78, 5) is 15.8. The first-order valence-corrected chi connectivity index (χ1v) is 11.3. The Morgan fingerprint density at radius 2 is 1.91 bits per heavy atom. The molecular formula is C24H26F2N4O3. The minimum absolute atomic E-state index is 0.126. The molecule has 1 N–H and O–H groups in total. The number of halogens is 2. The fraction of sp³-hybridized carbons (Fsp3) is 0.500. The molecular weight excluding hydrogens is 430 g/mol. The number of benzene rings is 1. The fourth-order valence-corrected chi connectivity index (χ4v) is 5.15. The molecule has 9 heteroatoms. The summed E-state index contributed by atoms with van der Waals surface area (Å²) in [6, 6.07) is 7.34. The minimum atomic E-state index is -2.71. The van der Waals surface area contributed by atoms with E-state index in [1.165, 1.54) is 21.9 Å². The van der Waals surface area contributed by atoms with Gasteiger partial charge in [0.2, 0.25) is 0 Å². The van der Waals surface area contributed by atoms with E-state index in [0.717, 1.165) is 18.4 Å². The fourth-order valence-electron chi connectivity index (χ4n) is 5.15. The van der Waals surface area contributed by atoms with Crippen molar-refractivity contribution in [3.8, 4) is 11.6 Å². The number of hydrogen-bond acceptors (Lipinski definition) is 5. The average Bonchev–Trinajstić information content (AvgIpc) is 3.22. The van der Waals surface area contributed by atoms with Gasteiger partial charge in [-0.15, -0.1) is 0 Å². The smallest absolute Gasteiger partial charge is 0.306 e. The van der Waals surface area contributed by atoms with Crippen LogP contribution in [0, 0.1) is 19.8 Å². The third-order valence-corrected chi connectivity index (χ3v) is 7.10. The van der Waals surface area contributed by atoms with Crippen molar-refractivity contribution in [2.45, 2.75) is 70.3 Å². The van der Waals surface area contributed by atoms with E-state index in [4.69, 9.17) is 4.52 Å². The van der Waals surface area contributed by atoms with Crippen molar-refractivity contribution in [2.24, 2.45) is 5.92 Å². The molecule has 2 aromatic heterocycles. The molecule has 0 radical (unpaired) electrons. The van der Waals surface area contributed by atoms with Crippen molar-refractivity contribution in [3.63, 3.8) is 0 Å². The van der Waals surface area contributed by atoms with Crippen LogP contribution in [0.15, 0.2) is 28.8 Å². The lowest BCUT2D eigenvalue weighted by atomic mass is 9.86. The van der Waals surface area contributed by atoms with Crippen molar-refractivity contribution >= 4 is 5.97 Å². The number of rotatable bonds is 6. The zero-order valence-electron chi connectivity index (χ0n) is 18.6. The summed E-state index contributed by atoms with van der Waals surface area (Å²) in [6.45, 7) is 4.12. The molecule has 0 spiro atoms. The van der Waals surface area contributed by atoms with Crippen molar-refractivity contribution in [1.29, 1.82) is 0 Å². The van der Waals surface area contributed by atoms with E-state index >= 15 is 0 Å². The minimum Gasteiger partial charge on any atom is -0.481 e. The monoisotopic (exact) mass is 456 g/mol. The summed E-state index contributed by atoms with van der Waals surface area (Å²) in [5.41, 5.74) is 3.22. The number of aromatic nitrogens is 4. The highest BCUT2D eigenvalue weighted by molar-refractivity contribution is 5.70. The van der Waals surface area contributed by atoms with Crippen LogP contribution >= 0.6 is 0 Å². The van der Waals surface area contributed by atoms with Crippen LogP contribution in [0.5, 0.6) is 0 Å². The summed E-state index contributed by atoms with van der Waals surface area (Å²) in [7, 11) is 0.